The molecular formula is C13H18BrNOS. The average Bonchev–Trinajstić information content (AvgIpc) is 2.20. The molecule has 1 aromatic rings. The maximum absolute atomic E-state index is 12.2. The minimum absolute atomic E-state index is 0.109. The summed E-state index contributed by atoms with van der Waals surface area (Å²) in [6.07, 6.45) is 0. The van der Waals surface area contributed by atoms with Crippen LogP contribution in [0.25, 0.3) is 0 Å². The molecule has 0 saturated carbocycles. The van der Waals surface area contributed by atoms with Gasteiger partial charge in [0, 0.05) is 21.5 Å². The van der Waals surface area contributed by atoms with E-state index < -0.39 is 0 Å². The highest BCUT2D eigenvalue weighted by Crippen LogP contribution is 2.25. The third kappa shape index (κ3) is 4.36. The summed E-state index contributed by atoms with van der Waals surface area (Å²) in [7, 11) is 0. The van der Waals surface area contributed by atoms with Gasteiger partial charge in [0.15, 0.2) is 0 Å². The van der Waals surface area contributed by atoms with Crippen LogP contribution in [-0.2, 0) is 0 Å². The molecule has 0 N–H and O–H groups in total. The van der Waals surface area contributed by atoms with Gasteiger partial charge in [0.25, 0.3) is 5.24 Å². The molecule has 0 aromatic heterocycles. The summed E-state index contributed by atoms with van der Waals surface area (Å²) in [6, 6.07) is 8.25. The maximum atomic E-state index is 12.2. The van der Waals surface area contributed by atoms with Crippen molar-refractivity contribution in [3.63, 3.8) is 0 Å². The number of hydrogen-bond acceptors (Lipinski definition) is 2. The van der Waals surface area contributed by atoms with Gasteiger partial charge in [-0.25, -0.2) is 0 Å². The monoisotopic (exact) mass is 315 g/mol. The van der Waals surface area contributed by atoms with Crippen molar-refractivity contribution in [2.24, 2.45) is 0 Å². The third-order valence-corrected chi connectivity index (χ3v) is 3.76. The Morgan fingerprint density at radius 3 is 2.00 bits per heavy atom. The van der Waals surface area contributed by atoms with Crippen LogP contribution < -0.4 is 0 Å². The van der Waals surface area contributed by atoms with Gasteiger partial charge in [-0.15, -0.1) is 0 Å². The third-order valence-electron chi connectivity index (χ3n) is 2.34. The lowest BCUT2D eigenvalue weighted by Crippen LogP contribution is -2.39. The Kier molecular flexibility index (Phi) is 5.53. The van der Waals surface area contributed by atoms with Gasteiger partial charge in [0.05, 0.1) is 0 Å². The summed E-state index contributed by atoms with van der Waals surface area (Å²) in [6.45, 7) is 8.17. The molecule has 94 valence electrons. The summed E-state index contributed by atoms with van der Waals surface area (Å²) in [4.78, 5) is 15.0. The topological polar surface area (TPSA) is 20.3 Å². The van der Waals surface area contributed by atoms with Crippen LogP contribution in [0.2, 0.25) is 0 Å². The molecule has 0 aliphatic rings. The second-order valence-corrected chi connectivity index (χ2v) is 6.36. The van der Waals surface area contributed by atoms with Crippen LogP contribution in [0.4, 0.5) is 4.79 Å². The predicted octanol–water partition coefficient (Wildman–Crippen LogP) is 4.78. The normalized spacial score (nSPS) is 11.0. The largest absolute Gasteiger partial charge is 0.328 e. The van der Waals surface area contributed by atoms with E-state index in [0.717, 1.165) is 9.37 Å². The summed E-state index contributed by atoms with van der Waals surface area (Å²) >= 11 is 4.67. The van der Waals surface area contributed by atoms with E-state index in [4.69, 9.17) is 0 Å². The highest BCUT2D eigenvalue weighted by molar-refractivity contribution is 9.10. The predicted molar refractivity (Wildman–Crippen MR) is 77.5 cm³/mol. The highest BCUT2D eigenvalue weighted by atomic mass is 79.9. The molecule has 2 nitrogen and oxygen atoms in total. The quantitative estimate of drug-likeness (QED) is 0.748. The molecule has 0 bridgehead atoms. The van der Waals surface area contributed by atoms with Gasteiger partial charge >= 0.3 is 0 Å². The number of rotatable bonds is 3. The average molecular weight is 316 g/mol. The Hall–Kier alpha value is -0.480. The Balaban J connectivity index is 2.73. The van der Waals surface area contributed by atoms with E-state index in [-0.39, 0.29) is 17.3 Å². The molecule has 17 heavy (non-hydrogen) atoms. The van der Waals surface area contributed by atoms with Crippen molar-refractivity contribution in [3.05, 3.63) is 28.7 Å². The number of halogens is 1. The lowest BCUT2D eigenvalue weighted by Gasteiger charge is -2.30. The van der Waals surface area contributed by atoms with E-state index in [1.54, 1.807) is 0 Å². The van der Waals surface area contributed by atoms with Crippen molar-refractivity contribution in [1.82, 2.24) is 4.90 Å². The Morgan fingerprint density at radius 1 is 1.12 bits per heavy atom. The van der Waals surface area contributed by atoms with Crippen LogP contribution in [0.1, 0.15) is 27.7 Å². The maximum Gasteiger partial charge on any atom is 0.286 e. The first-order chi connectivity index (χ1) is 7.91. The fourth-order valence-corrected chi connectivity index (χ4v) is 2.94. The number of nitrogens with zero attached hydrogens (tertiary/aromatic N) is 1. The molecule has 1 rings (SSSR count). The molecule has 0 radical (unpaired) electrons. The molecule has 1 aromatic carbocycles. The van der Waals surface area contributed by atoms with Gasteiger partial charge in [-0.3, -0.25) is 4.79 Å². The standard InChI is InChI=1S/C13H18BrNOS/c1-9(2)15(10(3)4)13(16)17-12-7-5-11(14)6-8-12/h5-10H,1-4H3. The van der Waals surface area contributed by atoms with Gasteiger partial charge < -0.3 is 4.90 Å². The number of carbonyl (C=O) groups is 1. The van der Waals surface area contributed by atoms with Gasteiger partial charge in [0.2, 0.25) is 0 Å². The molecule has 0 spiro atoms. The summed E-state index contributed by atoms with van der Waals surface area (Å²) in [5, 5.41) is 0.109. The number of amides is 1. The molecule has 0 saturated heterocycles. The van der Waals surface area contributed by atoms with Crippen LogP contribution in [0.15, 0.2) is 33.6 Å². The van der Waals surface area contributed by atoms with Gasteiger partial charge in [-0.1, -0.05) is 15.9 Å². The fraction of sp³-hybridized carbons (Fsp3) is 0.462. The Labute approximate surface area is 116 Å². The molecule has 0 aliphatic carbocycles. The van der Waals surface area contributed by atoms with E-state index >= 15 is 0 Å². The first kappa shape index (κ1) is 14.6. The van der Waals surface area contributed by atoms with Crippen molar-refractivity contribution in [3.8, 4) is 0 Å². The van der Waals surface area contributed by atoms with E-state index in [9.17, 15) is 4.79 Å². The summed E-state index contributed by atoms with van der Waals surface area (Å²) in [5.41, 5.74) is 0. The number of benzene rings is 1. The van der Waals surface area contributed by atoms with Gasteiger partial charge in [0.1, 0.15) is 0 Å². The molecule has 1 amide bonds. The second kappa shape index (κ2) is 6.45. The zero-order valence-corrected chi connectivity index (χ0v) is 13.0. The minimum atomic E-state index is 0.109. The van der Waals surface area contributed by atoms with Crippen molar-refractivity contribution in [2.45, 2.75) is 44.7 Å². The van der Waals surface area contributed by atoms with Crippen molar-refractivity contribution in [1.29, 1.82) is 0 Å². The van der Waals surface area contributed by atoms with Crippen LogP contribution in [-0.4, -0.2) is 22.2 Å². The zero-order chi connectivity index (χ0) is 13.0. The number of thioether (sulfide) groups is 1. The zero-order valence-electron chi connectivity index (χ0n) is 10.6. The van der Waals surface area contributed by atoms with E-state index in [0.29, 0.717) is 0 Å². The van der Waals surface area contributed by atoms with Gasteiger partial charge in [-0.2, -0.15) is 0 Å². The van der Waals surface area contributed by atoms with Crippen LogP contribution in [0.3, 0.4) is 0 Å². The van der Waals surface area contributed by atoms with Gasteiger partial charge in [-0.05, 0) is 63.7 Å². The van der Waals surface area contributed by atoms with Crippen LogP contribution >= 0.6 is 27.7 Å². The molecule has 0 aliphatic heterocycles. The van der Waals surface area contributed by atoms with E-state index in [1.807, 2.05) is 56.9 Å². The highest BCUT2D eigenvalue weighted by Gasteiger charge is 2.20. The minimum Gasteiger partial charge on any atom is -0.328 e. The van der Waals surface area contributed by atoms with Crippen molar-refractivity contribution >= 4 is 32.9 Å². The number of hydrogen-bond donors (Lipinski definition) is 0. The Bertz CT molecular complexity index is 368. The lowest BCUT2D eigenvalue weighted by atomic mass is 10.2. The second-order valence-electron chi connectivity index (χ2n) is 4.42. The molecule has 0 unspecified atom stereocenters. The summed E-state index contributed by atoms with van der Waals surface area (Å²) < 4.78 is 1.03. The molecule has 4 heteroatoms. The first-order valence-corrected chi connectivity index (χ1v) is 7.28. The molecule has 0 heterocycles. The number of carbonyl (C=O) groups excluding carboxylic acids is 1. The van der Waals surface area contributed by atoms with E-state index in [1.165, 1.54) is 11.8 Å². The summed E-state index contributed by atoms with van der Waals surface area (Å²) in [5.74, 6) is 0. The van der Waals surface area contributed by atoms with Crippen LogP contribution in [0, 0.1) is 0 Å². The Morgan fingerprint density at radius 2 is 1.59 bits per heavy atom. The molecule has 0 atom stereocenters. The fourth-order valence-electron chi connectivity index (χ4n) is 1.67. The lowest BCUT2D eigenvalue weighted by molar-refractivity contribution is 0.190. The molecule has 0 fully saturated rings. The molecular weight excluding hydrogens is 298 g/mol. The van der Waals surface area contributed by atoms with Crippen LogP contribution in [0.5, 0.6) is 0 Å². The SMILES string of the molecule is CC(C)N(C(=O)Sc1ccc(Br)cc1)C(C)C. The smallest absolute Gasteiger partial charge is 0.286 e. The van der Waals surface area contributed by atoms with E-state index in [2.05, 4.69) is 15.9 Å². The first-order valence-electron chi connectivity index (χ1n) is 5.67. The van der Waals surface area contributed by atoms with Crippen molar-refractivity contribution in [2.75, 3.05) is 0 Å². The van der Waals surface area contributed by atoms with Crippen molar-refractivity contribution < 1.29 is 4.79 Å².